The highest BCUT2D eigenvalue weighted by Gasteiger charge is 2.59. The summed E-state index contributed by atoms with van der Waals surface area (Å²) in [6.07, 6.45) is 5.27. The minimum Gasteiger partial charge on any atom is -0.503 e. The average molecular weight is 321 g/mol. The van der Waals surface area contributed by atoms with Crippen molar-refractivity contribution in [1.82, 2.24) is 0 Å². The number of carbonyl (C=O) groups is 2. The summed E-state index contributed by atoms with van der Waals surface area (Å²) in [4.78, 5) is 22.5. The Kier molecular flexibility index (Phi) is 4.65. The largest absolute Gasteiger partial charge is 0.503 e. The van der Waals surface area contributed by atoms with Crippen molar-refractivity contribution in [2.75, 3.05) is 7.11 Å². The molecule has 0 aromatic rings. The zero-order chi connectivity index (χ0) is 14.9. The summed E-state index contributed by atoms with van der Waals surface area (Å²) in [5, 5.41) is 10.1. The van der Waals surface area contributed by atoms with Crippen molar-refractivity contribution in [3.8, 4) is 0 Å². The first kappa shape index (κ1) is 15.6. The van der Waals surface area contributed by atoms with Gasteiger partial charge in [0.05, 0.1) is 12.1 Å². The zero-order valence-electron chi connectivity index (χ0n) is 11.3. The van der Waals surface area contributed by atoms with E-state index in [1.165, 1.54) is 7.11 Å². The molecule has 1 saturated carbocycles. The van der Waals surface area contributed by atoms with Crippen LogP contribution < -0.4 is 0 Å². The van der Waals surface area contributed by atoms with Crippen LogP contribution in [0.2, 0.25) is 0 Å². The van der Waals surface area contributed by atoms with E-state index in [1.54, 1.807) is 0 Å². The molecule has 0 heterocycles. The van der Waals surface area contributed by atoms with Crippen LogP contribution in [-0.4, -0.2) is 28.8 Å². The number of alkyl halides is 1. The van der Waals surface area contributed by atoms with E-state index in [4.69, 9.17) is 27.9 Å². The number of Topliss-reactive ketones (excluding diaryl/α,β-unsaturated/α-hetero) is 1. The van der Waals surface area contributed by atoms with E-state index in [2.05, 4.69) is 0 Å². The third-order valence-corrected chi connectivity index (χ3v) is 5.42. The van der Waals surface area contributed by atoms with Gasteiger partial charge in [-0.2, -0.15) is 0 Å². The van der Waals surface area contributed by atoms with Crippen molar-refractivity contribution < 1.29 is 19.4 Å². The minimum absolute atomic E-state index is 0.141. The van der Waals surface area contributed by atoms with Crippen LogP contribution in [0.4, 0.5) is 0 Å². The smallest absolute Gasteiger partial charge is 0.335 e. The molecule has 1 N–H and O–H groups in total. The summed E-state index contributed by atoms with van der Waals surface area (Å²) >= 11 is 12.5. The highest BCUT2D eigenvalue weighted by atomic mass is 35.5. The summed E-state index contributed by atoms with van der Waals surface area (Å²) in [6, 6.07) is 0. The molecule has 20 heavy (non-hydrogen) atoms. The lowest BCUT2D eigenvalue weighted by atomic mass is 9.68. The van der Waals surface area contributed by atoms with E-state index in [1.807, 2.05) is 0 Å². The number of ketones is 1. The van der Waals surface area contributed by atoms with Gasteiger partial charge in [-0.05, 0) is 12.8 Å². The van der Waals surface area contributed by atoms with Crippen molar-refractivity contribution in [2.24, 2.45) is 11.8 Å². The summed E-state index contributed by atoms with van der Waals surface area (Å²) in [6.45, 7) is 0. The molecular weight excluding hydrogens is 303 g/mol. The third-order valence-electron chi connectivity index (χ3n) is 4.36. The van der Waals surface area contributed by atoms with Crippen LogP contribution in [0.5, 0.6) is 0 Å². The normalized spacial score (nSPS) is 35.0. The number of aliphatic hydroxyl groups is 1. The fraction of sp³-hybridized carbons (Fsp3) is 0.714. The first-order valence-corrected chi connectivity index (χ1v) is 7.61. The Morgan fingerprint density at radius 2 is 1.90 bits per heavy atom. The number of hydrogen-bond acceptors (Lipinski definition) is 4. The van der Waals surface area contributed by atoms with E-state index in [9.17, 15) is 14.7 Å². The number of ether oxygens (including phenoxy) is 1. The topological polar surface area (TPSA) is 63.6 Å². The highest BCUT2D eigenvalue weighted by molar-refractivity contribution is 6.49. The summed E-state index contributed by atoms with van der Waals surface area (Å²) in [5.41, 5.74) is 0. The SMILES string of the molecule is COC(=O)[C@]1(Cl)C(=O)C(O)=C(Cl)[C@H]2CCCCCC[C@H]21. The van der Waals surface area contributed by atoms with E-state index < -0.39 is 28.3 Å². The number of methoxy groups -OCH3 is 1. The second-order valence-electron chi connectivity index (χ2n) is 5.43. The molecule has 0 radical (unpaired) electrons. The number of hydrogen-bond donors (Lipinski definition) is 1. The van der Waals surface area contributed by atoms with Gasteiger partial charge in [0.15, 0.2) is 5.76 Å². The van der Waals surface area contributed by atoms with Crippen LogP contribution in [-0.2, 0) is 14.3 Å². The Hall–Kier alpha value is -0.740. The lowest BCUT2D eigenvalue weighted by Gasteiger charge is -2.41. The van der Waals surface area contributed by atoms with Crippen LogP contribution in [0.3, 0.4) is 0 Å². The molecular formula is C14H18Cl2O4. The van der Waals surface area contributed by atoms with E-state index in [-0.39, 0.29) is 11.0 Å². The predicted octanol–water partition coefficient (Wildman–Crippen LogP) is 3.31. The zero-order valence-corrected chi connectivity index (χ0v) is 12.8. The molecule has 0 saturated heterocycles. The van der Waals surface area contributed by atoms with E-state index >= 15 is 0 Å². The maximum absolute atomic E-state index is 12.3. The Morgan fingerprint density at radius 3 is 2.50 bits per heavy atom. The summed E-state index contributed by atoms with van der Waals surface area (Å²) < 4.78 is 4.70. The van der Waals surface area contributed by atoms with Gasteiger partial charge in [-0.25, -0.2) is 4.79 Å². The standard InChI is InChI=1S/C14H18Cl2O4/c1-20-13(19)14(16)9-7-5-3-2-4-6-8(9)10(15)11(17)12(14)18/h8-9,17H,2-7H2,1H3/t8-,9+,14+/m0/s1. The molecule has 112 valence electrons. The second-order valence-corrected chi connectivity index (χ2v) is 6.44. The van der Waals surface area contributed by atoms with Crippen LogP contribution in [0.25, 0.3) is 0 Å². The number of carbonyl (C=O) groups excluding carboxylic acids is 2. The number of aliphatic hydroxyl groups excluding tert-OH is 1. The summed E-state index contributed by atoms with van der Waals surface area (Å²) in [5.74, 6) is -2.92. The van der Waals surface area contributed by atoms with Gasteiger partial charge in [-0.1, -0.05) is 48.9 Å². The maximum Gasteiger partial charge on any atom is 0.335 e. The van der Waals surface area contributed by atoms with Gasteiger partial charge in [0.2, 0.25) is 10.7 Å². The van der Waals surface area contributed by atoms with Crippen molar-refractivity contribution in [1.29, 1.82) is 0 Å². The monoisotopic (exact) mass is 320 g/mol. The lowest BCUT2D eigenvalue weighted by Crippen LogP contribution is -2.55. The van der Waals surface area contributed by atoms with Gasteiger partial charge in [0, 0.05) is 11.8 Å². The number of allylic oxidation sites excluding steroid dienone is 2. The molecule has 0 amide bonds. The average Bonchev–Trinajstić information content (AvgIpc) is 2.42. The first-order valence-electron chi connectivity index (χ1n) is 6.85. The quantitative estimate of drug-likeness (QED) is 0.457. The summed E-state index contributed by atoms with van der Waals surface area (Å²) in [7, 11) is 1.19. The number of esters is 1. The molecule has 0 spiro atoms. The molecule has 0 unspecified atom stereocenters. The third kappa shape index (κ3) is 2.33. The van der Waals surface area contributed by atoms with Gasteiger partial charge < -0.3 is 9.84 Å². The molecule has 1 fully saturated rings. The fourth-order valence-electron chi connectivity index (χ4n) is 3.28. The van der Waals surface area contributed by atoms with Gasteiger partial charge in [0.1, 0.15) is 0 Å². The Labute approximate surface area is 128 Å². The van der Waals surface area contributed by atoms with Gasteiger partial charge in [-0.3, -0.25) is 4.79 Å². The van der Waals surface area contributed by atoms with E-state index in [0.29, 0.717) is 12.8 Å². The Balaban J connectivity index is 2.50. The molecule has 2 aliphatic rings. The molecule has 0 bridgehead atoms. The Morgan fingerprint density at radius 1 is 1.30 bits per heavy atom. The predicted molar refractivity (Wildman–Crippen MR) is 75.8 cm³/mol. The molecule has 6 heteroatoms. The number of fused-ring (bicyclic) bond motifs is 1. The molecule has 0 aromatic heterocycles. The molecule has 3 atom stereocenters. The van der Waals surface area contributed by atoms with Crippen molar-refractivity contribution in [3.63, 3.8) is 0 Å². The van der Waals surface area contributed by atoms with Crippen molar-refractivity contribution in [3.05, 3.63) is 10.8 Å². The Bertz CT molecular complexity index is 460. The molecule has 4 nitrogen and oxygen atoms in total. The van der Waals surface area contributed by atoms with E-state index in [0.717, 1.165) is 25.7 Å². The van der Waals surface area contributed by atoms with Crippen LogP contribution >= 0.6 is 23.2 Å². The molecule has 2 aliphatic carbocycles. The highest BCUT2D eigenvalue weighted by Crippen LogP contribution is 2.49. The first-order chi connectivity index (χ1) is 9.44. The number of rotatable bonds is 1. The fourth-order valence-corrected chi connectivity index (χ4v) is 4.06. The van der Waals surface area contributed by atoms with Gasteiger partial charge >= 0.3 is 5.97 Å². The second kappa shape index (κ2) is 5.94. The van der Waals surface area contributed by atoms with Crippen LogP contribution in [0.15, 0.2) is 10.8 Å². The van der Waals surface area contributed by atoms with Crippen LogP contribution in [0.1, 0.15) is 38.5 Å². The van der Waals surface area contributed by atoms with Gasteiger partial charge in [-0.15, -0.1) is 0 Å². The van der Waals surface area contributed by atoms with Crippen molar-refractivity contribution in [2.45, 2.75) is 43.4 Å². The molecule has 2 rings (SSSR count). The van der Waals surface area contributed by atoms with Gasteiger partial charge in [0.25, 0.3) is 0 Å². The lowest BCUT2D eigenvalue weighted by molar-refractivity contribution is -0.151. The molecule has 0 aromatic carbocycles. The molecule has 0 aliphatic heterocycles. The maximum atomic E-state index is 12.3. The minimum atomic E-state index is -1.85. The number of halogens is 2. The van der Waals surface area contributed by atoms with Crippen molar-refractivity contribution >= 4 is 35.0 Å². The van der Waals surface area contributed by atoms with Crippen LogP contribution in [0, 0.1) is 11.8 Å².